The molecule has 0 saturated heterocycles. The van der Waals surface area contributed by atoms with E-state index in [0.29, 0.717) is 47.6 Å². The van der Waals surface area contributed by atoms with Crippen molar-refractivity contribution in [2.75, 3.05) is 77.0 Å². The van der Waals surface area contributed by atoms with E-state index in [1.165, 1.54) is 23.5 Å². The number of rotatable bonds is 26. The summed E-state index contributed by atoms with van der Waals surface area (Å²) in [7, 11) is -2.16. The molecular weight excluding hydrogens is 836 g/mol. The molecule has 4 rings (SSSR count). The predicted octanol–water partition coefficient (Wildman–Crippen LogP) is 8.73. The Kier molecular flexibility index (Phi) is 22.0. The number of sulfonamides is 1. The summed E-state index contributed by atoms with van der Waals surface area (Å²) >= 11 is 0. The van der Waals surface area contributed by atoms with Gasteiger partial charge in [-0.05, 0) is 141 Å². The number of carbonyl (C=O) groups excluding carboxylic acids is 3. The van der Waals surface area contributed by atoms with E-state index < -0.39 is 33.0 Å². The molecule has 0 unspecified atom stereocenters. The summed E-state index contributed by atoms with van der Waals surface area (Å²) in [5.74, 6) is -1.01. The molecule has 1 amide bonds. The Morgan fingerprint density at radius 3 is 1.73 bits per heavy atom. The van der Waals surface area contributed by atoms with E-state index in [4.69, 9.17) is 32.8 Å². The van der Waals surface area contributed by atoms with Crippen LogP contribution in [-0.4, -0.2) is 110 Å². The number of unbranched alkanes of at least 4 members (excludes halogenated alkanes) is 4. The van der Waals surface area contributed by atoms with Crippen molar-refractivity contribution >= 4 is 44.5 Å². The molecular formula is C47H71FN2O12S. The maximum Gasteiger partial charge on any atom is 0.332 e. The van der Waals surface area contributed by atoms with Crippen molar-refractivity contribution in [1.82, 2.24) is 5.32 Å². The monoisotopic (exact) mass is 906 g/mol. The Hall–Kier alpha value is -4.09. The van der Waals surface area contributed by atoms with Crippen molar-refractivity contribution in [2.24, 2.45) is 0 Å². The van der Waals surface area contributed by atoms with Crippen LogP contribution in [0.3, 0.4) is 0 Å². The van der Waals surface area contributed by atoms with Crippen LogP contribution in [0.5, 0.6) is 0 Å². The summed E-state index contributed by atoms with van der Waals surface area (Å²) in [6.07, 6.45) is 9.47. The van der Waals surface area contributed by atoms with Gasteiger partial charge < -0.3 is 38.2 Å². The lowest BCUT2D eigenvalue weighted by Crippen LogP contribution is -2.34. The minimum atomic E-state index is -3.69. The molecule has 354 valence electrons. The molecule has 1 N–H and O–H groups in total. The average Bonchev–Trinajstić information content (AvgIpc) is 3.97. The number of furan rings is 1. The van der Waals surface area contributed by atoms with Crippen LogP contribution in [0.4, 0.5) is 10.1 Å². The van der Waals surface area contributed by atoms with Gasteiger partial charge in [0, 0.05) is 57.1 Å². The number of halogens is 1. The predicted molar refractivity (Wildman–Crippen MR) is 242 cm³/mol. The second-order valence-corrected chi connectivity index (χ2v) is 19.4. The lowest BCUT2D eigenvalue weighted by Gasteiger charge is -2.25. The van der Waals surface area contributed by atoms with Gasteiger partial charge in [-0.1, -0.05) is 6.92 Å². The molecule has 1 aliphatic carbocycles. The minimum Gasteiger partial charge on any atom is -0.458 e. The molecule has 1 aliphatic rings. The highest BCUT2D eigenvalue weighted by Crippen LogP contribution is 2.48. The first-order valence-corrected chi connectivity index (χ1v) is 23.9. The molecule has 14 nitrogen and oxygen atoms in total. The van der Waals surface area contributed by atoms with Crippen LogP contribution in [0.25, 0.3) is 22.3 Å². The van der Waals surface area contributed by atoms with E-state index in [1.807, 2.05) is 26.8 Å². The van der Waals surface area contributed by atoms with Crippen molar-refractivity contribution < 1.29 is 60.0 Å². The second kappa shape index (κ2) is 26.0. The molecule has 1 heterocycles. The standard InChI is InChI=1S/C33H43FN2O8S.C14H28O4/c1-33(2,3)44-29(37)21-42-17-8-6-7-16-41-18-15-36(45(5,39)40)27-20-28-26(19-25(27)22-9-10-22)30(32(38)35-4)31(43-28)23-11-13-24(34)14-12-23;1-5-9-16-10-7-6-8-11-17-12-13(15)18-14(2,3)4/h11-14,19-20,22H,6-10,15-18,21H2,1-5H3,(H,35,38);5-12H2,1-4H3. The van der Waals surface area contributed by atoms with Gasteiger partial charge in [-0.3, -0.25) is 9.10 Å². The summed E-state index contributed by atoms with van der Waals surface area (Å²) in [4.78, 5) is 36.0. The summed E-state index contributed by atoms with van der Waals surface area (Å²) in [6.45, 7) is 16.5. The fraction of sp³-hybridized carbons (Fsp3) is 0.638. The molecule has 1 fully saturated rings. The average molecular weight is 907 g/mol. The second-order valence-electron chi connectivity index (χ2n) is 17.5. The molecule has 0 spiro atoms. The largest absolute Gasteiger partial charge is 0.458 e. The first-order chi connectivity index (χ1) is 29.7. The van der Waals surface area contributed by atoms with Gasteiger partial charge >= 0.3 is 11.9 Å². The van der Waals surface area contributed by atoms with Gasteiger partial charge in [0.25, 0.3) is 5.91 Å². The van der Waals surface area contributed by atoms with E-state index in [2.05, 4.69) is 12.2 Å². The fourth-order valence-electron chi connectivity index (χ4n) is 6.43. The highest BCUT2D eigenvalue weighted by atomic mass is 32.2. The SMILES string of the molecule is CCCOCCCCCOCC(=O)OC(C)(C)C.CNC(=O)c1c(-c2ccc(F)cc2)oc2cc(N(CCOCCCCCOCC(=O)OC(C)(C)C)S(C)(=O)=O)c(C3CC3)cc12. The number of benzene rings is 2. The topological polar surface area (TPSA) is 169 Å². The van der Waals surface area contributed by atoms with E-state index in [0.717, 1.165) is 82.8 Å². The molecule has 0 radical (unpaired) electrons. The van der Waals surface area contributed by atoms with Crippen molar-refractivity contribution in [3.05, 3.63) is 53.3 Å². The van der Waals surface area contributed by atoms with Gasteiger partial charge in [-0.15, -0.1) is 0 Å². The highest BCUT2D eigenvalue weighted by Gasteiger charge is 2.33. The van der Waals surface area contributed by atoms with Gasteiger partial charge in [-0.25, -0.2) is 22.4 Å². The smallest absolute Gasteiger partial charge is 0.332 e. The number of fused-ring (bicyclic) bond motifs is 1. The maximum atomic E-state index is 13.6. The Morgan fingerprint density at radius 2 is 1.27 bits per heavy atom. The van der Waals surface area contributed by atoms with E-state index in [1.54, 1.807) is 39.0 Å². The van der Waals surface area contributed by atoms with Crippen LogP contribution < -0.4 is 9.62 Å². The zero-order valence-corrected chi connectivity index (χ0v) is 39.7. The van der Waals surface area contributed by atoms with Crippen LogP contribution in [0.15, 0.2) is 40.8 Å². The molecule has 0 atom stereocenters. The number of carbonyl (C=O) groups is 3. The number of hydrogen-bond acceptors (Lipinski definition) is 12. The Morgan fingerprint density at radius 1 is 0.762 bits per heavy atom. The van der Waals surface area contributed by atoms with Crippen LogP contribution in [0, 0.1) is 5.82 Å². The third kappa shape index (κ3) is 20.1. The Balaban J connectivity index is 0.000000495. The lowest BCUT2D eigenvalue weighted by atomic mass is 10.0. The Labute approximate surface area is 373 Å². The van der Waals surface area contributed by atoms with Crippen LogP contribution >= 0.6 is 0 Å². The lowest BCUT2D eigenvalue weighted by molar-refractivity contribution is -0.161. The summed E-state index contributed by atoms with van der Waals surface area (Å²) < 4.78 is 79.3. The number of hydrogen-bond donors (Lipinski definition) is 1. The molecule has 63 heavy (non-hydrogen) atoms. The molecule has 0 aliphatic heterocycles. The number of esters is 2. The van der Waals surface area contributed by atoms with Crippen molar-refractivity contribution in [3.8, 4) is 11.3 Å². The quantitative estimate of drug-likeness (QED) is 0.0602. The van der Waals surface area contributed by atoms with Crippen molar-refractivity contribution in [1.29, 1.82) is 0 Å². The maximum absolute atomic E-state index is 13.6. The van der Waals surface area contributed by atoms with Gasteiger partial charge in [0.05, 0.1) is 30.7 Å². The van der Waals surface area contributed by atoms with E-state index in [-0.39, 0.29) is 49.9 Å². The number of ether oxygens (including phenoxy) is 6. The molecule has 0 bridgehead atoms. The van der Waals surface area contributed by atoms with Gasteiger partial charge in [0.2, 0.25) is 10.0 Å². The van der Waals surface area contributed by atoms with Gasteiger partial charge in [0.1, 0.15) is 41.6 Å². The van der Waals surface area contributed by atoms with Crippen LogP contribution in [-0.2, 0) is 48.0 Å². The normalized spacial score (nSPS) is 13.0. The van der Waals surface area contributed by atoms with Gasteiger partial charge in [0.15, 0.2) is 0 Å². The molecule has 2 aromatic carbocycles. The molecule has 3 aromatic rings. The molecule has 1 aromatic heterocycles. The zero-order chi connectivity index (χ0) is 46.6. The number of anilines is 1. The zero-order valence-electron chi connectivity index (χ0n) is 38.9. The fourth-order valence-corrected chi connectivity index (χ4v) is 7.35. The summed E-state index contributed by atoms with van der Waals surface area (Å²) in [5, 5.41) is 3.22. The van der Waals surface area contributed by atoms with Crippen molar-refractivity contribution in [3.63, 3.8) is 0 Å². The van der Waals surface area contributed by atoms with Gasteiger partial charge in [-0.2, -0.15) is 0 Å². The third-order valence-corrected chi connectivity index (χ3v) is 10.5. The Bertz CT molecular complexity index is 1980. The number of nitrogens with zero attached hydrogens (tertiary/aromatic N) is 1. The third-order valence-electron chi connectivity index (χ3n) is 9.31. The van der Waals surface area contributed by atoms with Crippen LogP contribution in [0.2, 0.25) is 0 Å². The highest BCUT2D eigenvalue weighted by molar-refractivity contribution is 7.92. The molecule has 1 saturated carbocycles. The first-order valence-electron chi connectivity index (χ1n) is 22.0. The summed E-state index contributed by atoms with van der Waals surface area (Å²) in [5.41, 5.74) is 1.56. The van der Waals surface area contributed by atoms with E-state index >= 15 is 0 Å². The number of nitrogens with one attached hydrogen (secondary N) is 1. The number of amides is 1. The van der Waals surface area contributed by atoms with Crippen LogP contribution in [0.1, 0.15) is 128 Å². The minimum absolute atomic E-state index is 0.0452. The van der Waals surface area contributed by atoms with Crippen molar-refractivity contribution in [2.45, 2.75) is 123 Å². The first kappa shape index (κ1) is 53.2. The summed E-state index contributed by atoms with van der Waals surface area (Å²) in [6, 6.07) is 9.21. The van der Waals surface area contributed by atoms with E-state index in [9.17, 15) is 27.2 Å². The molecule has 16 heteroatoms.